The van der Waals surface area contributed by atoms with Gasteiger partial charge in [-0.2, -0.15) is 0 Å². The molecular weight excluding hydrogens is 196 g/mol. The van der Waals surface area contributed by atoms with Crippen molar-refractivity contribution in [2.75, 3.05) is 13.6 Å². The third-order valence-electron chi connectivity index (χ3n) is 2.24. The van der Waals surface area contributed by atoms with E-state index >= 15 is 0 Å². The first kappa shape index (κ1) is 11.7. The molecule has 0 aliphatic carbocycles. The van der Waals surface area contributed by atoms with E-state index in [1.165, 1.54) is 0 Å². The van der Waals surface area contributed by atoms with Crippen LogP contribution in [0.3, 0.4) is 0 Å². The lowest BCUT2D eigenvalue weighted by Gasteiger charge is -2.21. The Balaban J connectivity index is 2.61. The first-order valence-electron chi connectivity index (χ1n) is 4.73. The number of hydrogen-bond donors (Lipinski definition) is 2. The van der Waals surface area contributed by atoms with Crippen molar-refractivity contribution in [1.29, 1.82) is 0 Å². The van der Waals surface area contributed by atoms with E-state index in [4.69, 9.17) is 15.3 Å². The standard InChI is InChI=1S/C10H16N2O3/c1-7-3-4-8(15-7)6-12(2)9(5-11)10(13)14/h3-4,9H,5-6,11H2,1-2H3,(H,13,14). The third-order valence-corrected chi connectivity index (χ3v) is 2.24. The highest BCUT2D eigenvalue weighted by atomic mass is 16.4. The van der Waals surface area contributed by atoms with Gasteiger partial charge in [0.2, 0.25) is 0 Å². The average molecular weight is 212 g/mol. The molecule has 0 bridgehead atoms. The van der Waals surface area contributed by atoms with E-state index in [1.54, 1.807) is 11.9 Å². The first-order chi connectivity index (χ1) is 7.04. The number of aliphatic carboxylic acids is 1. The molecular formula is C10H16N2O3. The van der Waals surface area contributed by atoms with Gasteiger partial charge in [-0.3, -0.25) is 9.69 Å². The van der Waals surface area contributed by atoms with Crippen molar-refractivity contribution < 1.29 is 14.3 Å². The molecule has 0 fully saturated rings. The Labute approximate surface area is 88.5 Å². The molecule has 0 spiro atoms. The molecule has 15 heavy (non-hydrogen) atoms. The summed E-state index contributed by atoms with van der Waals surface area (Å²) in [5.41, 5.74) is 5.38. The number of hydrogen-bond acceptors (Lipinski definition) is 4. The molecule has 1 aromatic heterocycles. The summed E-state index contributed by atoms with van der Waals surface area (Å²) in [7, 11) is 1.71. The van der Waals surface area contributed by atoms with Gasteiger partial charge in [0.15, 0.2) is 0 Å². The van der Waals surface area contributed by atoms with Crippen LogP contribution in [-0.4, -0.2) is 35.6 Å². The molecule has 1 unspecified atom stereocenters. The fourth-order valence-corrected chi connectivity index (χ4v) is 1.40. The molecule has 1 rings (SSSR count). The minimum atomic E-state index is -0.914. The van der Waals surface area contributed by atoms with Crippen molar-refractivity contribution in [3.8, 4) is 0 Å². The van der Waals surface area contributed by atoms with E-state index < -0.39 is 12.0 Å². The average Bonchev–Trinajstić information content (AvgIpc) is 2.51. The number of aryl methyl sites for hydroxylation is 1. The fourth-order valence-electron chi connectivity index (χ4n) is 1.40. The van der Waals surface area contributed by atoms with E-state index in [0.29, 0.717) is 6.54 Å². The molecule has 1 aromatic rings. The van der Waals surface area contributed by atoms with Crippen LogP contribution >= 0.6 is 0 Å². The van der Waals surface area contributed by atoms with Crippen LogP contribution in [0.2, 0.25) is 0 Å². The number of nitrogens with zero attached hydrogens (tertiary/aromatic N) is 1. The lowest BCUT2D eigenvalue weighted by molar-refractivity contribution is -0.142. The molecule has 84 valence electrons. The molecule has 0 saturated heterocycles. The smallest absolute Gasteiger partial charge is 0.322 e. The van der Waals surface area contributed by atoms with Crippen molar-refractivity contribution in [3.63, 3.8) is 0 Å². The van der Waals surface area contributed by atoms with Crippen molar-refractivity contribution in [1.82, 2.24) is 4.90 Å². The summed E-state index contributed by atoms with van der Waals surface area (Å²) >= 11 is 0. The monoisotopic (exact) mass is 212 g/mol. The van der Waals surface area contributed by atoms with Crippen LogP contribution < -0.4 is 5.73 Å². The number of rotatable bonds is 5. The maximum Gasteiger partial charge on any atom is 0.322 e. The third kappa shape index (κ3) is 3.07. The minimum absolute atomic E-state index is 0.0888. The Kier molecular flexibility index (Phi) is 3.88. The van der Waals surface area contributed by atoms with Crippen LogP contribution in [-0.2, 0) is 11.3 Å². The summed E-state index contributed by atoms with van der Waals surface area (Å²) in [6.07, 6.45) is 0. The summed E-state index contributed by atoms with van der Waals surface area (Å²) in [6, 6.07) is 3.01. The van der Waals surface area contributed by atoms with Gasteiger partial charge < -0.3 is 15.3 Å². The number of likely N-dealkylation sites (N-methyl/N-ethyl adjacent to an activating group) is 1. The number of carbonyl (C=O) groups is 1. The Morgan fingerprint density at radius 3 is 2.73 bits per heavy atom. The zero-order valence-electron chi connectivity index (χ0n) is 8.93. The Morgan fingerprint density at radius 1 is 1.67 bits per heavy atom. The molecule has 0 radical (unpaired) electrons. The molecule has 0 aliphatic heterocycles. The van der Waals surface area contributed by atoms with Gasteiger partial charge >= 0.3 is 5.97 Å². The molecule has 5 nitrogen and oxygen atoms in total. The van der Waals surface area contributed by atoms with Crippen LogP contribution in [0.4, 0.5) is 0 Å². The fraction of sp³-hybridized carbons (Fsp3) is 0.500. The second-order valence-corrected chi connectivity index (χ2v) is 3.52. The predicted octanol–water partition coefficient (Wildman–Crippen LogP) is 0.432. The van der Waals surface area contributed by atoms with Crippen LogP contribution in [0.1, 0.15) is 11.5 Å². The van der Waals surface area contributed by atoms with Crippen molar-refractivity contribution in [2.45, 2.75) is 19.5 Å². The number of furan rings is 1. The highest BCUT2D eigenvalue weighted by molar-refractivity contribution is 5.73. The van der Waals surface area contributed by atoms with E-state index in [1.807, 2.05) is 19.1 Å². The highest BCUT2D eigenvalue weighted by Gasteiger charge is 2.21. The molecule has 5 heteroatoms. The quantitative estimate of drug-likeness (QED) is 0.740. The normalized spacial score (nSPS) is 13.1. The van der Waals surface area contributed by atoms with Gasteiger partial charge in [-0.1, -0.05) is 0 Å². The molecule has 1 atom stereocenters. The SMILES string of the molecule is Cc1ccc(CN(C)C(CN)C(=O)O)o1. The molecule has 0 aromatic carbocycles. The molecule has 3 N–H and O–H groups in total. The van der Waals surface area contributed by atoms with Gasteiger partial charge in [0.25, 0.3) is 0 Å². The largest absolute Gasteiger partial charge is 0.480 e. The van der Waals surface area contributed by atoms with Gasteiger partial charge in [-0.05, 0) is 26.1 Å². The summed E-state index contributed by atoms with van der Waals surface area (Å²) in [5.74, 6) is 0.649. The van der Waals surface area contributed by atoms with E-state index in [-0.39, 0.29) is 6.54 Å². The molecule has 1 heterocycles. The topological polar surface area (TPSA) is 79.7 Å². The number of carboxylic acids is 1. The van der Waals surface area contributed by atoms with Gasteiger partial charge in [0, 0.05) is 6.54 Å². The summed E-state index contributed by atoms with van der Waals surface area (Å²) in [6.45, 7) is 2.38. The van der Waals surface area contributed by atoms with Crippen molar-refractivity contribution >= 4 is 5.97 Å². The lowest BCUT2D eigenvalue weighted by atomic mass is 10.2. The predicted molar refractivity (Wildman–Crippen MR) is 55.4 cm³/mol. The minimum Gasteiger partial charge on any atom is -0.480 e. The van der Waals surface area contributed by atoms with Gasteiger partial charge in [0.05, 0.1) is 6.54 Å². The molecule has 0 saturated carbocycles. The molecule has 0 amide bonds. The van der Waals surface area contributed by atoms with Crippen LogP contribution in [0.15, 0.2) is 16.5 Å². The second-order valence-electron chi connectivity index (χ2n) is 3.52. The Bertz CT molecular complexity index is 335. The van der Waals surface area contributed by atoms with Gasteiger partial charge in [-0.25, -0.2) is 0 Å². The Morgan fingerprint density at radius 2 is 2.33 bits per heavy atom. The summed E-state index contributed by atoms with van der Waals surface area (Å²) in [5, 5.41) is 8.87. The Hall–Kier alpha value is -1.33. The maximum absolute atomic E-state index is 10.8. The van der Waals surface area contributed by atoms with Crippen molar-refractivity contribution in [2.24, 2.45) is 5.73 Å². The molecule has 0 aliphatic rings. The van der Waals surface area contributed by atoms with E-state index in [2.05, 4.69) is 0 Å². The number of nitrogens with two attached hydrogens (primary N) is 1. The summed E-state index contributed by atoms with van der Waals surface area (Å²) in [4.78, 5) is 12.5. The van der Waals surface area contributed by atoms with E-state index in [0.717, 1.165) is 11.5 Å². The van der Waals surface area contributed by atoms with Crippen LogP contribution in [0.25, 0.3) is 0 Å². The first-order valence-corrected chi connectivity index (χ1v) is 4.73. The second kappa shape index (κ2) is 4.95. The number of carboxylic acid groups (broad SMARTS) is 1. The summed E-state index contributed by atoms with van der Waals surface area (Å²) < 4.78 is 5.35. The zero-order valence-corrected chi connectivity index (χ0v) is 8.93. The van der Waals surface area contributed by atoms with Crippen LogP contribution in [0.5, 0.6) is 0 Å². The highest BCUT2D eigenvalue weighted by Crippen LogP contribution is 2.10. The van der Waals surface area contributed by atoms with Gasteiger partial charge in [-0.15, -0.1) is 0 Å². The zero-order chi connectivity index (χ0) is 11.4. The van der Waals surface area contributed by atoms with Crippen molar-refractivity contribution in [3.05, 3.63) is 23.7 Å². The van der Waals surface area contributed by atoms with E-state index in [9.17, 15) is 4.79 Å². The van der Waals surface area contributed by atoms with Gasteiger partial charge in [0.1, 0.15) is 17.6 Å². The van der Waals surface area contributed by atoms with Crippen LogP contribution in [0, 0.1) is 6.92 Å². The maximum atomic E-state index is 10.8. The lowest BCUT2D eigenvalue weighted by Crippen LogP contribution is -2.43.